The molecule has 0 aromatic heterocycles. The molecular weight excluding hydrogens is 705 g/mol. The van der Waals surface area contributed by atoms with Crippen molar-refractivity contribution in [1.82, 2.24) is 0 Å². The molecule has 0 spiro atoms. The lowest BCUT2D eigenvalue weighted by Gasteiger charge is -2.22. The van der Waals surface area contributed by atoms with Gasteiger partial charge in [0, 0.05) is 24.4 Å². The van der Waals surface area contributed by atoms with Gasteiger partial charge >= 0.3 is 0 Å². The maximum atomic E-state index is 13.4. The van der Waals surface area contributed by atoms with Gasteiger partial charge in [-0.2, -0.15) is 0 Å². The van der Waals surface area contributed by atoms with Gasteiger partial charge in [0.1, 0.15) is 0 Å². The zero-order valence-corrected chi connectivity index (χ0v) is 34.4. The average Bonchev–Trinajstić information content (AvgIpc) is 3.86. The summed E-state index contributed by atoms with van der Waals surface area (Å²) < 4.78 is 0. The summed E-state index contributed by atoms with van der Waals surface area (Å²) in [5, 5.41) is 8.86. The van der Waals surface area contributed by atoms with Gasteiger partial charge < -0.3 is 5.32 Å². The minimum atomic E-state index is -0.615. The van der Waals surface area contributed by atoms with Crippen molar-refractivity contribution in [1.29, 1.82) is 0 Å². The van der Waals surface area contributed by atoms with Crippen LogP contribution in [0.5, 0.6) is 0 Å². The Balaban J connectivity index is 0.958. The molecule has 1 fully saturated rings. The number of fused-ring (bicyclic) bond motifs is 2. The Kier molecular flexibility index (Phi) is 15.0. The molecule has 0 radical (unpaired) electrons. The molecule has 0 saturated heterocycles. The van der Waals surface area contributed by atoms with Crippen LogP contribution in [0.4, 0.5) is 5.69 Å². The van der Waals surface area contributed by atoms with E-state index in [1.54, 1.807) is 0 Å². The molecule has 0 aliphatic heterocycles. The Bertz CT molecular complexity index is 1730. The van der Waals surface area contributed by atoms with E-state index in [4.69, 9.17) is 0 Å². The number of carbonyl (C=O) groups excluding carboxylic acids is 1. The van der Waals surface area contributed by atoms with Crippen LogP contribution in [0, 0.1) is 17.8 Å². The summed E-state index contributed by atoms with van der Waals surface area (Å²) in [6.45, 7) is 0. The van der Waals surface area contributed by atoms with E-state index in [2.05, 4.69) is 157 Å². The van der Waals surface area contributed by atoms with Crippen LogP contribution in [0.1, 0.15) is 94.6 Å². The smallest absolute Gasteiger partial charge is 0.224 e. The fourth-order valence-electron chi connectivity index (χ4n) is 8.86. The van der Waals surface area contributed by atoms with Gasteiger partial charge in [0.15, 0.2) is 0 Å². The lowest BCUT2D eigenvalue weighted by Crippen LogP contribution is -2.15. The third-order valence-corrected chi connectivity index (χ3v) is 16.7. The second kappa shape index (κ2) is 20.9. The molecule has 0 heterocycles. The molecule has 1 unspecified atom stereocenters. The number of rotatable bonds is 21. The molecule has 284 valence electrons. The molecule has 2 aliphatic rings. The van der Waals surface area contributed by atoms with E-state index in [1.165, 1.54) is 96.6 Å². The number of hydrogen-bond acceptors (Lipinski definition) is 1. The van der Waals surface area contributed by atoms with Crippen molar-refractivity contribution in [2.75, 3.05) is 5.32 Å². The highest BCUT2D eigenvalue weighted by molar-refractivity contribution is 7.72. The molecule has 2 bridgehead atoms. The number of amides is 1. The van der Waals surface area contributed by atoms with Crippen molar-refractivity contribution >= 4 is 48.7 Å². The van der Waals surface area contributed by atoms with E-state index >= 15 is 0 Å². The number of anilines is 1. The van der Waals surface area contributed by atoms with Gasteiger partial charge in [-0.25, -0.2) is 0 Å². The number of benzene rings is 5. The summed E-state index contributed by atoms with van der Waals surface area (Å²) in [7, 11) is -1.23. The molecule has 4 heteroatoms. The number of nitrogens with one attached hydrogen (secondary N) is 1. The first-order valence-electron chi connectivity index (χ1n) is 21.0. The molecule has 1 N–H and O–H groups in total. The molecule has 5 aromatic rings. The van der Waals surface area contributed by atoms with Crippen molar-refractivity contribution in [3.8, 4) is 0 Å². The predicted octanol–water partition coefficient (Wildman–Crippen LogP) is 12.4. The summed E-state index contributed by atoms with van der Waals surface area (Å²) in [6, 6.07) is 50.7. The maximum Gasteiger partial charge on any atom is 0.224 e. The Morgan fingerprint density at radius 2 is 0.945 bits per heavy atom. The summed E-state index contributed by atoms with van der Waals surface area (Å²) in [5.74, 6) is 2.94. The zero-order valence-electron chi connectivity index (χ0n) is 32.6. The van der Waals surface area contributed by atoms with Crippen molar-refractivity contribution < 1.29 is 4.79 Å². The maximum absolute atomic E-state index is 13.4. The fraction of sp³-hybridized carbons (Fsp3) is 0.353. The van der Waals surface area contributed by atoms with Crippen molar-refractivity contribution in [3.63, 3.8) is 0 Å². The largest absolute Gasteiger partial charge is 0.326 e. The third-order valence-electron chi connectivity index (χ3n) is 11.7. The third kappa shape index (κ3) is 11.8. The van der Waals surface area contributed by atoms with E-state index in [0.717, 1.165) is 48.6 Å². The van der Waals surface area contributed by atoms with E-state index < -0.39 is 15.8 Å². The number of carbonyl (C=O) groups is 1. The Labute approximate surface area is 333 Å². The van der Waals surface area contributed by atoms with Gasteiger partial charge in [0.05, 0.1) is 0 Å². The standard InChI is InChI=1S/C51H59NOP2/c53-51(31-21-7-5-3-1-2-4-6-12-22-44-35-41-32-33-45(44)36-41)52-46-37-42(39-54(47-23-13-8-14-24-47)48-25-15-9-16-26-48)34-43(38-46)40-55(49-27-17-10-18-28-49)50-29-19-11-20-30-50/h8-11,13-20,23-30,32-34,37-38,41,44-45H,1-7,12,21-22,31,35-36,39-40H2,(H,52,53)/t41-,44?,45-/m0/s1. The second-order valence-electron chi connectivity index (χ2n) is 15.9. The molecule has 3 atom stereocenters. The zero-order chi connectivity index (χ0) is 37.5. The van der Waals surface area contributed by atoms with Gasteiger partial charge in [-0.1, -0.05) is 191 Å². The van der Waals surface area contributed by atoms with Gasteiger partial charge in [0.2, 0.25) is 5.91 Å². The van der Waals surface area contributed by atoms with Crippen LogP contribution in [0.15, 0.2) is 152 Å². The average molecular weight is 764 g/mol. The Morgan fingerprint density at radius 1 is 0.509 bits per heavy atom. The molecule has 7 rings (SSSR count). The first-order valence-corrected chi connectivity index (χ1v) is 24.1. The van der Waals surface area contributed by atoms with Crippen LogP contribution in [0.2, 0.25) is 0 Å². The quantitative estimate of drug-likeness (QED) is 0.0450. The van der Waals surface area contributed by atoms with E-state index in [9.17, 15) is 4.79 Å². The van der Waals surface area contributed by atoms with E-state index in [0.29, 0.717) is 6.42 Å². The number of unbranched alkanes of at least 4 members (excludes halogenated alkanes) is 8. The van der Waals surface area contributed by atoms with Crippen LogP contribution < -0.4 is 26.5 Å². The first kappa shape index (κ1) is 39.4. The van der Waals surface area contributed by atoms with Crippen molar-refractivity contribution in [2.45, 2.75) is 95.8 Å². The van der Waals surface area contributed by atoms with E-state index in [1.807, 2.05) is 0 Å². The van der Waals surface area contributed by atoms with Crippen LogP contribution >= 0.6 is 15.8 Å². The van der Waals surface area contributed by atoms with Gasteiger partial charge in [-0.05, 0) is 104 Å². The predicted molar refractivity (Wildman–Crippen MR) is 240 cm³/mol. The number of allylic oxidation sites excluding steroid dienone is 2. The van der Waals surface area contributed by atoms with Gasteiger partial charge in [-0.15, -0.1) is 0 Å². The summed E-state index contributed by atoms with van der Waals surface area (Å²) in [6.07, 6.45) is 23.3. The van der Waals surface area contributed by atoms with E-state index in [-0.39, 0.29) is 5.91 Å². The first-order chi connectivity index (χ1) is 27.2. The highest BCUT2D eigenvalue weighted by Crippen LogP contribution is 2.46. The highest BCUT2D eigenvalue weighted by atomic mass is 31.1. The van der Waals surface area contributed by atoms with Crippen molar-refractivity contribution in [3.05, 3.63) is 163 Å². The SMILES string of the molecule is O=C(CCCCCCCCCCCC1C[C@@H]2C=C[C@H]1C2)Nc1cc(CP(c2ccccc2)c2ccccc2)cc(CP(c2ccccc2)c2ccccc2)c1. The lowest BCUT2D eigenvalue weighted by molar-refractivity contribution is -0.116. The summed E-state index contributed by atoms with van der Waals surface area (Å²) in [5.41, 5.74) is 3.50. The molecule has 1 amide bonds. The van der Waals surface area contributed by atoms with Crippen LogP contribution in [0.25, 0.3) is 0 Å². The Morgan fingerprint density at radius 3 is 1.36 bits per heavy atom. The molecule has 2 nitrogen and oxygen atoms in total. The topological polar surface area (TPSA) is 29.1 Å². The minimum Gasteiger partial charge on any atom is -0.326 e. The highest BCUT2D eigenvalue weighted by Gasteiger charge is 2.34. The fourth-order valence-corrected chi connectivity index (χ4v) is 13.4. The second-order valence-corrected chi connectivity index (χ2v) is 20.3. The molecule has 2 aliphatic carbocycles. The monoisotopic (exact) mass is 763 g/mol. The molecule has 1 saturated carbocycles. The lowest BCUT2D eigenvalue weighted by atomic mass is 9.88. The van der Waals surface area contributed by atoms with Crippen LogP contribution in [0.3, 0.4) is 0 Å². The minimum absolute atomic E-state index is 0.135. The number of hydrogen-bond donors (Lipinski definition) is 1. The van der Waals surface area contributed by atoms with Gasteiger partial charge in [-0.3, -0.25) is 4.79 Å². The summed E-state index contributed by atoms with van der Waals surface area (Å²) >= 11 is 0. The summed E-state index contributed by atoms with van der Waals surface area (Å²) in [4.78, 5) is 13.4. The normalized spacial score (nSPS) is 17.3. The van der Waals surface area contributed by atoms with Gasteiger partial charge in [0.25, 0.3) is 0 Å². The molecule has 55 heavy (non-hydrogen) atoms. The van der Waals surface area contributed by atoms with Crippen LogP contribution in [-0.4, -0.2) is 5.91 Å². The van der Waals surface area contributed by atoms with Crippen LogP contribution in [-0.2, 0) is 17.1 Å². The van der Waals surface area contributed by atoms with Crippen molar-refractivity contribution in [2.24, 2.45) is 17.8 Å². The Hall–Kier alpha value is -3.83. The molecule has 5 aromatic carbocycles. The molecular formula is C51H59NOP2.